The van der Waals surface area contributed by atoms with Gasteiger partial charge in [-0.1, -0.05) is 0 Å². The molecule has 5 N–H and O–H groups in total. The Morgan fingerprint density at radius 1 is 1.57 bits per heavy atom. The van der Waals surface area contributed by atoms with Crippen LogP contribution in [-0.2, 0) is 0 Å². The number of hydrazone groups is 1. The predicted molar refractivity (Wildman–Crippen MR) is 57.7 cm³/mol. The molecule has 0 aliphatic rings. The summed E-state index contributed by atoms with van der Waals surface area (Å²) in [7, 11) is 0. The van der Waals surface area contributed by atoms with Gasteiger partial charge in [0.25, 0.3) is 0 Å². The van der Waals surface area contributed by atoms with E-state index in [1.807, 2.05) is 12.1 Å². The van der Waals surface area contributed by atoms with Gasteiger partial charge in [0.15, 0.2) is 5.84 Å². The maximum absolute atomic E-state index is 5.27. The fourth-order valence-electron chi connectivity index (χ4n) is 1.17. The van der Waals surface area contributed by atoms with Gasteiger partial charge in [0.05, 0.1) is 9.58 Å². The fraction of sp³-hybridized carbons (Fsp3) is 0. The Balaban J connectivity index is 2.55. The Kier molecular flexibility index (Phi) is 2.30. The Labute approximate surface area is 84.4 Å². The van der Waals surface area contributed by atoms with Crippen molar-refractivity contribution in [3.63, 3.8) is 0 Å². The molecular weight excluding hydrogens is 198 g/mol. The monoisotopic (exact) mass is 207 g/mol. The minimum Gasteiger partial charge on any atom is -0.321 e. The summed E-state index contributed by atoms with van der Waals surface area (Å²) in [4.78, 5) is 4.93. The van der Waals surface area contributed by atoms with Crippen molar-refractivity contribution in [3.05, 3.63) is 29.4 Å². The maximum Gasteiger partial charge on any atom is 0.176 e. The van der Waals surface area contributed by atoms with Crippen LogP contribution in [0.2, 0.25) is 0 Å². The lowest BCUT2D eigenvalue weighted by atomic mass is 10.3. The zero-order valence-corrected chi connectivity index (χ0v) is 8.08. The molecule has 0 bridgehead atoms. The van der Waals surface area contributed by atoms with Crippen LogP contribution >= 0.6 is 11.3 Å². The number of aromatic nitrogens is 1. The Hall–Kier alpha value is -1.66. The maximum atomic E-state index is 5.27. The molecular formula is C8H9N5S. The first-order valence-corrected chi connectivity index (χ1v) is 4.75. The molecule has 0 radical (unpaired) electrons. The minimum absolute atomic E-state index is 0.478. The average molecular weight is 207 g/mol. The van der Waals surface area contributed by atoms with E-state index in [-0.39, 0.29) is 0 Å². The number of fused-ring (bicyclic) bond motifs is 1. The van der Waals surface area contributed by atoms with Gasteiger partial charge in [-0.15, -0.1) is 11.3 Å². The van der Waals surface area contributed by atoms with E-state index in [0.29, 0.717) is 5.84 Å². The summed E-state index contributed by atoms with van der Waals surface area (Å²) in [6.07, 6.45) is 3.54. The van der Waals surface area contributed by atoms with E-state index in [1.54, 1.807) is 12.4 Å². The van der Waals surface area contributed by atoms with Crippen LogP contribution in [0.1, 0.15) is 4.88 Å². The molecule has 72 valence electrons. The zero-order chi connectivity index (χ0) is 9.97. The van der Waals surface area contributed by atoms with E-state index in [4.69, 9.17) is 11.7 Å². The molecule has 14 heavy (non-hydrogen) atoms. The first-order chi connectivity index (χ1) is 6.85. The molecule has 2 rings (SSSR count). The van der Waals surface area contributed by atoms with Crippen LogP contribution in [0.25, 0.3) is 10.1 Å². The standard InChI is InChI=1S/C8H9N5S/c9-12-8(13-10)6-3-5-1-2-11-4-7(5)14-6/h1-4H,9-10H2,(H,12,13). The molecule has 0 saturated carbocycles. The van der Waals surface area contributed by atoms with Crippen molar-refractivity contribution in [1.29, 1.82) is 0 Å². The molecule has 0 saturated heterocycles. The van der Waals surface area contributed by atoms with E-state index in [9.17, 15) is 0 Å². The number of rotatable bonds is 1. The van der Waals surface area contributed by atoms with Crippen LogP contribution in [0.4, 0.5) is 0 Å². The van der Waals surface area contributed by atoms with E-state index < -0.39 is 0 Å². The predicted octanol–water partition coefficient (Wildman–Crippen LogP) is 0.380. The van der Waals surface area contributed by atoms with Crippen molar-refractivity contribution < 1.29 is 0 Å². The van der Waals surface area contributed by atoms with Gasteiger partial charge in [0.2, 0.25) is 0 Å². The van der Waals surface area contributed by atoms with E-state index >= 15 is 0 Å². The van der Waals surface area contributed by atoms with Crippen molar-refractivity contribution >= 4 is 27.3 Å². The highest BCUT2D eigenvalue weighted by Crippen LogP contribution is 2.24. The quantitative estimate of drug-likeness (QED) is 0.273. The first kappa shape index (κ1) is 8.92. The second-order valence-corrected chi connectivity index (χ2v) is 3.73. The summed E-state index contributed by atoms with van der Waals surface area (Å²) in [6.45, 7) is 0. The smallest absolute Gasteiger partial charge is 0.176 e. The van der Waals surface area contributed by atoms with Crippen LogP contribution in [0.5, 0.6) is 0 Å². The van der Waals surface area contributed by atoms with Crippen molar-refractivity contribution in [2.45, 2.75) is 0 Å². The van der Waals surface area contributed by atoms with Crippen LogP contribution in [0.3, 0.4) is 0 Å². The van der Waals surface area contributed by atoms with Gasteiger partial charge in [-0.05, 0) is 17.5 Å². The normalized spacial score (nSPS) is 11.9. The summed E-state index contributed by atoms with van der Waals surface area (Å²) < 4.78 is 1.08. The van der Waals surface area contributed by atoms with Gasteiger partial charge in [-0.2, -0.15) is 5.10 Å². The third-order valence-corrected chi connectivity index (χ3v) is 2.91. The number of nitrogens with one attached hydrogen (secondary N) is 1. The number of nitrogens with two attached hydrogens (primary N) is 2. The first-order valence-electron chi connectivity index (χ1n) is 3.93. The summed E-state index contributed by atoms with van der Waals surface area (Å²) in [5, 5.41) is 4.65. The molecule has 0 atom stereocenters. The number of hydrogen-bond acceptors (Lipinski definition) is 5. The zero-order valence-electron chi connectivity index (χ0n) is 7.27. The largest absolute Gasteiger partial charge is 0.321 e. The highest BCUT2D eigenvalue weighted by Gasteiger charge is 2.06. The van der Waals surface area contributed by atoms with Gasteiger partial charge in [-0.3, -0.25) is 4.98 Å². The number of thiophene rings is 1. The second kappa shape index (κ2) is 3.60. The summed E-state index contributed by atoms with van der Waals surface area (Å²) in [6, 6.07) is 3.90. The molecule has 0 aliphatic heterocycles. The van der Waals surface area contributed by atoms with E-state index in [2.05, 4.69) is 15.5 Å². The summed E-state index contributed by atoms with van der Waals surface area (Å²) in [5.41, 5.74) is 2.44. The van der Waals surface area contributed by atoms with Gasteiger partial charge in [-0.25, -0.2) is 5.84 Å². The number of hydrogen-bond donors (Lipinski definition) is 3. The molecule has 0 aromatic carbocycles. The molecule has 0 fully saturated rings. The van der Waals surface area contributed by atoms with Crippen LogP contribution < -0.4 is 17.1 Å². The number of amidine groups is 1. The molecule has 0 unspecified atom stereocenters. The minimum atomic E-state index is 0.478. The lowest BCUT2D eigenvalue weighted by Gasteiger charge is -1.97. The Morgan fingerprint density at radius 3 is 3.07 bits per heavy atom. The number of hydrazine groups is 1. The molecule has 6 heteroatoms. The molecule has 0 aliphatic carbocycles. The topological polar surface area (TPSA) is 89.3 Å². The highest BCUT2D eigenvalue weighted by molar-refractivity contribution is 7.20. The average Bonchev–Trinajstić information content (AvgIpc) is 2.63. The lowest BCUT2D eigenvalue weighted by molar-refractivity contribution is 1.01. The molecule has 2 aromatic heterocycles. The summed E-state index contributed by atoms with van der Waals surface area (Å²) >= 11 is 1.54. The Morgan fingerprint density at radius 2 is 2.43 bits per heavy atom. The molecule has 0 amide bonds. The van der Waals surface area contributed by atoms with Gasteiger partial charge >= 0.3 is 0 Å². The van der Waals surface area contributed by atoms with Crippen LogP contribution in [-0.4, -0.2) is 10.8 Å². The van der Waals surface area contributed by atoms with Gasteiger partial charge < -0.3 is 11.3 Å². The molecule has 5 nitrogen and oxygen atoms in total. The lowest BCUT2D eigenvalue weighted by Crippen LogP contribution is -2.31. The Bertz CT molecular complexity index is 442. The molecule has 2 heterocycles. The van der Waals surface area contributed by atoms with Crippen molar-refractivity contribution in [3.8, 4) is 0 Å². The second-order valence-electron chi connectivity index (χ2n) is 2.65. The van der Waals surface area contributed by atoms with Crippen LogP contribution in [0.15, 0.2) is 29.6 Å². The molecule has 2 aromatic rings. The highest BCUT2D eigenvalue weighted by atomic mass is 32.1. The SMILES string of the molecule is N/N=C(\NN)c1cc2ccncc2s1. The molecule has 0 spiro atoms. The third kappa shape index (κ3) is 1.40. The van der Waals surface area contributed by atoms with E-state index in [0.717, 1.165) is 15.0 Å². The number of pyridine rings is 1. The van der Waals surface area contributed by atoms with Gasteiger partial charge in [0, 0.05) is 12.4 Å². The van der Waals surface area contributed by atoms with Crippen molar-refractivity contribution in [1.82, 2.24) is 10.4 Å². The third-order valence-electron chi connectivity index (χ3n) is 1.82. The summed E-state index contributed by atoms with van der Waals surface area (Å²) in [5.74, 6) is 10.9. The van der Waals surface area contributed by atoms with E-state index in [1.165, 1.54) is 11.3 Å². The van der Waals surface area contributed by atoms with Gasteiger partial charge in [0.1, 0.15) is 0 Å². The fourth-order valence-corrected chi connectivity index (χ4v) is 2.16. The number of nitrogens with zero attached hydrogens (tertiary/aromatic N) is 2. The van der Waals surface area contributed by atoms with Crippen LogP contribution in [0, 0.1) is 0 Å². The van der Waals surface area contributed by atoms with Crippen molar-refractivity contribution in [2.75, 3.05) is 0 Å². The van der Waals surface area contributed by atoms with Crippen molar-refractivity contribution in [2.24, 2.45) is 16.8 Å².